The summed E-state index contributed by atoms with van der Waals surface area (Å²) in [5, 5.41) is 11.7. The lowest BCUT2D eigenvalue weighted by atomic mass is 10.1. The summed E-state index contributed by atoms with van der Waals surface area (Å²) in [5.41, 5.74) is 2.78. The number of aryl methyl sites for hydroxylation is 1. The number of aromatic nitrogens is 3. The van der Waals surface area contributed by atoms with Crippen LogP contribution in [0, 0.1) is 6.92 Å². The zero-order chi connectivity index (χ0) is 21.5. The number of hydrogen-bond acceptors (Lipinski definition) is 7. The van der Waals surface area contributed by atoms with E-state index >= 15 is 0 Å². The smallest absolute Gasteiger partial charge is 0.325 e. The van der Waals surface area contributed by atoms with Crippen molar-refractivity contribution in [3.8, 4) is 22.8 Å². The average Bonchev–Trinajstić information content (AvgIpc) is 3.20. The highest BCUT2D eigenvalue weighted by atomic mass is 32.2. The van der Waals surface area contributed by atoms with Gasteiger partial charge in [-0.1, -0.05) is 41.6 Å². The minimum Gasteiger partial charge on any atom is -0.496 e. The van der Waals surface area contributed by atoms with E-state index in [2.05, 4.69) is 20.3 Å². The minimum absolute atomic E-state index is 0.0763. The molecule has 0 saturated carbocycles. The van der Waals surface area contributed by atoms with Gasteiger partial charge in [0.05, 0.1) is 25.5 Å². The van der Waals surface area contributed by atoms with E-state index < -0.39 is 5.97 Å². The second-order valence-corrected chi connectivity index (χ2v) is 7.26. The van der Waals surface area contributed by atoms with Crippen molar-refractivity contribution in [3.05, 3.63) is 54.1 Å². The zero-order valence-electron chi connectivity index (χ0n) is 16.9. The number of rotatable bonds is 8. The number of carbonyl (C=O) groups excluding carboxylic acids is 2. The Morgan fingerprint density at radius 1 is 1.07 bits per heavy atom. The topological polar surface area (TPSA) is 95.3 Å². The van der Waals surface area contributed by atoms with Crippen LogP contribution in [-0.2, 0) is 14.3 Å². The van der Waals surface area contributed by atoms with Gasteiger partial charge in [-0.2, -0.15) is 0 Å². The Hall–Kier alpha value is -3.33. The third-order valence-electron chi connectivity index (χ3n) is 4.26. The first kappa shape index (κ1) is 21.4. The van der Waals surface area contributed by atoms with E-state index in [0.29, 0.717) is 16.7 Å². The summed E-state index contributed by atoms with van der Waals surface area (Å²) >= 11 is 1.23. The van der Waals surface area contributed by atoms with Crippen LogP contribution >= 0.6 is 11.8 Å². The van der Waals surface area contributed by atoms with Gasteiger partial charge in [-0.05, 0) is 31.2 Å². The fraction of sp³-hybridized carbons (Fsp3) is 0.238. The van der Waals surface area contributed by atoms with E-state index in [-0.39, 0.29) is 18.2 Å². The second-order valence-electron chi connectivity index (χ2n) is 6.32. The Morgan fingerprint density at radius 2 is 1.80 bits per heavy atom. The molecule has 1 N–H and O–H groups in total. The standard InChI is InChI=1S/C21H22N4O4S/c1-14-8-10-15(11-9-14)25-20(16-6-4-5-7-17(16)28-2)23-24-21(25)30-13-18(26)22-12-19(27)29-3/h4-11H,12-13H2,1-3H3,(H,22,26). The molecule has 0 aliphatic heterocycles. The molecule has 2 aromatic carbocycles. The fourth-order valence-corrected chi connectivity index (χ4v) is 3.50. The molecule has 3 rings (SSSR count). The summed E-state index contributed by atoms with van der Waals surface area (Å²) in [7, 11) is 2.87. The monoisotopic (exact) mass is 426 g/mol. The fourth-order valence-electron chi connectivity index (χ4n) is 2.72. The Bertz CT molecular complexity index is 1030. The molecule has 0 spiro atoms. The number of ether oxygens (including phenoxy) is 2. The summed E-state index contributed by atoms with van der Waals surface area (Å²) in [6, 6.07) is 15.5. The Labute approximate surface area is 178 Å². The van der Waals surface area contributed by atoms with Crippen molar-refractivity contribution in [1.82, 2.24) is 20.1 Å². The van der Waals surface area contributed by atoms with Crippen molar-refractivity contribution in [2.45, 2.75) is 12.1 Å². The molecule has 9 heteroatoms. The molecular weight excluding hydrogens is 404 g/mol. The lowest BCUT2D eigenvalue weighted by Gasteiger charge is -2.12. The third-order valence-corrected chi connectivity index (χ3v) is 5.19. The predicted octanol–water partition coefficient (Wildman–Crippen LogP) is 2.63. The Balaban J connectivity index is 1.92. The number of carbonyl (C=O) groups is 2. The van der Waals surface area contributed by atoms with Crippen LogP contribution in [-0.4, -0.2) is 53.2 Å². The van der Waals surface area contributed by atoms with Crippen molar-refractivity contribution >= 4 is 23.6 Å². The molecule has 0 radical (unpaired) electrons. The summed E-state index contributed by atoms with van der Waals surface area (Å²) in [4.78, 5) is 23.3. The maximum absolute atomic E-state index is 12.1. The number of nitrogens with zero attached hydrogens (tertiary/aromatic N) is 3. The molecule has 1 amide bonds. The molecule has 0 unspecified atom stereocenters. The molecule has 0 bridgehead atoms. The molecular formula is C21H22N4O4S. The van der Waals surface area contributed by atoms with Gasteiger partial charge in [0.25, 0.3) is 0 Å². The molecule has 0 atom stereocenters. The van der Waals surface area contributed by atoms with E-state index in [0.717, 1.165) is 16.8 Å². The van der Waals surface area contributed by atoms with Crippen LogP contribution in [0.5, 0.6) is 5.75 Å². The minimum atomic E-state index is -0.505. The Kier molecular flexibility index (Phi) is 7.08. The quantitative estimate of drug-likeness (QED) is 0.437. The highest BCUT2D eigenvalue weighted by molar-refractivity contribution is 7.99. The van der Waals surface area contributed by atoms with Crippen molar-refractivity contribution in [3.63, 3.8) is 0 Å². The third kappa shape index (κ3) is 4.98. The zero-order valence-corrected chi connectivity index (χ0v) is 17.7. The normalized spacial score (nSPS) is 10.5. The molecule has 8 nitrogen and oxygen atoms in total. The highest BCUT2D eigenvalue weighted by Crippen LogP contribution is 2.33. The first-order valence-corrected chi connectivity index (χ1v) is 10.1. The molecule has 3 aromatic rings. The van der Waals surface area contributed by atoms with E-state index in [4.69, 9.17) is 4.74 Å². The van der Waals surface area contributed by atoms with E-state index in [1.165, 1.54) is 18.9 Å². The lowest BCUT2D eigenvalue weighted by molar-refractivity contribution is -0.140. The van der Waals surface area contributed by atoms with Crippen LogP contribution in [0.25, 0.3) is 17.1 Å². The number of thioether (sulfide) groups is 1. The summed E-state index contributed by atoms with van der Waals surface area (Å²) in [5.74, 6) is 0.546. The number of para-hydroxylation sites is 1. The van der Waals surface area contributed by atoms with Gasteiger partial charge in [-0.3, -0.25) is 14.2 Å². The first-order valence-electron chi connectivity index (χ1n) is 9.15. The van der Waals surface area contributed by atoms with Crippen molar-refractivity contribution in [2.75, 3.05) is 26.5 Å². The number of esters is 1. The van der Waals surface area contributed by atoms with E-state index in [9.17, 15) is 9.59 Å². The van der Waals surface area contributed by atoms with E-state index in [1.807, 2.05) is 60.0 Å². The second kappa shape index (κ2) is 9.93. The van der Waals surface area contributed by atoms with Crippen molar-refractivity contribution < 1.29 is 19.1 Å². The number of hydrogen-bond donors (Lipinski definition) is 1. The van der Waals surface area contributed by atoms with Gasteiger partial charge < -0.3 is 14.8 Å². The van der Waals surface area contributed by atoms with Gasteiger partial charge in [0.1, 0.15) is 12.3 Å². The first-order chi connectivity index (χ1) is 14.5. The molecule has 0 aliphatic carbocycles. The molecule has 0 fully saturated rings. The maximum Gasteiger partial charge on any atom is 0.325 e. The van der Waals surface area contributed by atoms with Crippen LogP contribution in [0.15, 0.2) is 53.7 Å². The molecule has 156 valence electrons. The van der Waals surface area contributed by atoms with Crippen LogP contribution in [0.4, 0.5) is 0 Å². The van der Waals surface area contributed by atoms with Gasteiger partial charge >= 0.3 is 5.97 Å². The number of benzene rings is 2. The summed E-state index contributed by atoms with van der Waals surface area (Å²) in [6.07, 6.45) is 0. The molecule has 1 heterocycles. The van der Waals surface area contributed by atoms with Gasteiger partial charge in [0, 0.05) is 5.69 Å². The van der Waals surface area contributed by atoms with Gasteiger partial charge in [0.2, 0.25) is 5.91 Å². The Morgan fingerprint density at radius 3 is 2.50 bits per heavy atom. The van der Waals surface area contributed by atoms with Crippen LogP contribution in [0.3, 0.4) is 0 Å². The molecule has 30 heavy (non-hydrogen) atoms. The number of nitrogens with one attached hydrogen (secondary N) is 1. The van der Waals surface area contributed by atoms with Crippen molar-refractivity contribution in [2.24, 2.45) is 0 Å². The summed E-state index contributed by atoms with van der Waals surface area (Å²) in [6.45, 7) is 1.84. The van der Waals surface area contributed by atoms with E-state index in [1.54, 1.807) is 7.11 Å². The molecule has 0 aliphatic rings. The molecule has 0 saturated heterocycles. The summed E-state index contributed by atoms with van der Waals surface area (Å²) < 4.78 is 11.9. The predicted molar refractivity (Wildman–Crippen MR) is 114 cm³/mol. The number of methoxy groups -OCH3 is 2. The average molecular weight is 426 g/mol. The van der Waals surface area contributed by atoms with Crippen LogP contribution in [0.1, 0.15) is 5.56 Å². The van der Waals surface area contributed by atoms with Gasteiger partial charge in [-0.25, -0.2) is 0 Å². The largest absolute Gasteiger partial charge is 0.496 e. The van der Waals surface area contributed by atoms with Gasteiger partial charge in [-0.15, -0.1) is 10.2 Å². The van der Waals surface area contributed by atoms with Crippen LogP contribution in [0.2, 0.25) is 0 Å². The van der Waals surface area contributed by atoms with Crippen LogP contribution < -0.4 is 10.1 Å². The lowest BCUT2D eigenvalue weighted by Crippen LogP contribution is -2.31. The number of amides is 1. The molecule has 1 aromatic heterocycles. The van der Waals surface area contributed by atoms with Crippen molar-refractivity contribution in [1.29, 1.82) is 0 Å². The highest BCUT2D eigenvalue weighted by Gasteiger charge is 2.19. The SMILES string of the molecule is COC(=O)CNC(=O)CSc1nnc(-c2ccccc2OC)n1-c1ccc(C)cc1. The maximum atomic E-state index is 12.1. The van der Waals surface area contributed by atoms with Gasteiger partial charge in [0.15, 0.2) is 11.0 Å².